The van der Waals surface area contributed by atoms with Gasteiger partial charge in [0.2, 0.25) is 11.0 Å². The van der Waals surface area contributed by atoms with Gasteiger partial charge in [0.1, 0.15) is 12.2 Å². The van der Waals surface area contributed by atoms with Crippen molar-refractivity contribution in [2.24, 2.45) is 5.92 Å². The van der Waals surface area contributed by atoms with Crippen LogP contribution in [0.1, 0.15) is 86.3 Å². The largest absolute Gasteiger partial charge is 0.474 e. The van der Waals surface area contributed by atoms with Gasteiger partial charge in [0, 0.05) is 6.92 Å². The van der Waals surface area contributed by atoms with E-state index < -0.39 is 11.5 Å². The van der Waals surface area contributed by atoms with Crippen LogP contribution in [0.15, 0.2) is 47.7 Å². The highest BCUT2D eigenvalue weighted by Gasteiger charge is 2.22. The number of halogens is 3. The molecule has 1 heterocycles. The van der Waals surface area contributed by atoms with E-state index in [0.29, 0.717) is 0 Å². The number of alkyl halides is 2. The Morgan fingerprint density at radius 2 is 1.67 bits per heavy atom. The molecule has 0 bridgehead atoms. The second kappa shape index (κ2) is 17.3. The van der Waals surface area contributed by atoms with Crippen molar-refractivity contribution in [2.45, 2.75) is 93.3 Å². The van der Waals surface area contributed by atoms with E-state index in [4.69, 9.17) is 36.8 Å². The van der Waals surface area contributed by atoms with Crippen molar-refractivity contribution in [3.8, 4) is 11.6 Å². The molecule has 2 rings (SSSR count). The Morgan fingerprint density at radius 1 is 1.13 bits per heavy atom. The molecule has 39 heavy (non-hydrogen) atoms. The normalized spacial score (nSPS) is 12.5. The van der Waals surface area contributed by atoms with Gasteiger partial charge in [-0.1, -0.05) is 70.0 Å². The molecule has 10 heteroatoms. The van der Waals surface area contributed by atoms with Gasteiger partial charge in [-0.15, -0.1) is 0 Å². The molecular formula is C29H41B2ClF2N2O3. The lowest BCUT2D eigenvalue weighted by Crippen LogP contribution is -2.36. The SMILES string of the molecule is C/C=C(\C)C(C)(F)F.CCC(C)C.[B]C([B])(O)Oc1cnc(Cl)nc1OCc1ccc(C(C)=C(C)CC)cc1. The van der Waals surface area contributed by atoms with Gasteiger partial charge < -0.3 is 14.6 Å². The molecule has 0 aliphatic carbocycles. The lowest BCUT2D eigenvalue weighted by Gasteiger charge is -2.22. The van der Waals surface area contributed by atoms with E-state index >= 15 is 0 Å². The van der Waals surface area contributed by atoms with Crippen LogP contribution in [0.25, 0.3) is 5.57 Å². The van der Waals surface area contributed by atoms with E-state index in [9.17, 15) is 13.9 Å². The molecule has 0 atom stereocenters. The highest BCUT2D eigenvalue weighted by Crippen LogP contribution is 2.28. The van der Waals surface area contributed by atoms with Gasteiger partial charge in [-0.2, -0.15) is 4.98 Å². The molecule has 0 aliphatic heterocycles. The molecule has 0 saturated carbocycles. The van der Waals surface area contributed by atoms with Crippen molar-refractivity contribution in [1.82, 2.24) is 9.97 Å². The maximum absolute atomic E-state index is 12.0. The maximum atomic E-state index is 12.0. The summed E-state index contributed by atoms with van der Waals surface area (Å²) in [6, 6.07) is 8.01. The molecule has 0 saturated heterocycles. The van der Waals surface area contributed by atoms with Crippen molar-refractivity contribution in [1.29, 1.82) is 0 Å². The molecule has 1 aromatic carbocycles. The molecule has 0 aliphatic rings. The number of hydrogen-bond acceptors (Lipinski definition) is 5. The first kappa shape index (κ1) is 36.6. The summed E-state index contributed by atoms with van der Waals surface area (Å²) in [4.78, 5) is 7.69. The average molecular weight is 561 g/mol. The molecule has 5 nitrogen and oxygen atoms in total. The Bertz CT molecular complexity index is 1070. The number of aromatic nitrogens is 2. The topological polar surface area (TPSA) is 64.5 Å². The van der Waals surface area contributed by atoms with Crippen LogP contribution >= 0.6 is 11.6 Å². The Hall–Kier alpha value is -2.38. The fourth-order valence-corrected chi connectivity index (χ4v) is 2.58. The summed E-state index contributed by atoms with van der Waals surface area (Å²) in [6.07, 6.45) is 4.96. The van der Waals surface area contributed by atoms with Crippen LogP contribution in [0.2, 0.25) is 5.28 Å². The maximum Gasteiger partial charge on any atom is 0.266 e. The van der Waals surface area contributed by atoms with Crippen LogP contribution in [0, 0.1) is 5.92 Å². The summed E-state index contributed by atoms with van der Waals surface area (Å²) in [5, 5.41) is 9.35. The molecule has 4 radical (unpaired) electrons. The van der Waals surface area contributed by atoms with E-state index in [0.717, 1.165) is 24.8 Å². The molecular weight excluding hydrogens is 519 g/mol. The molecule has 0 unspecified atom stereocenters. The zero-order valence-corrected chi connectivity index (χ0v) is 25.4. The summed E-state index contributed by atoms with van der Waals surface area (Å²) >= 11 is 5.78. The fraction of sp³-hybridized carbons (Fsp3) is 0.517. The van der Waals surface area contributed by atoms with Gasteiger partial charge in [0.15, 0.2) is 15.7 Å². The van der Waals surface area contributed by atoms with Gasteiger partial charge in [0.25, 0.3) is 11.8 Å². The molecule has 2 aromatic rings. The summed E-state index contributed by atoms with van der Waals surface area (Å²) in [5.41, 5.74) is 2.45. The summed E-state index contributed by atoms with van der Waals surface area (Å²) in [6.45, 7) is 17.1. The minimum Gasteiger partial charge on any atom is -0.474 e. The van der Waals surface area contributed by atoms with Crippen LogP contribution in [0.5, 0.6) is 11.6 Å². The first-order valence-electron chi connectivity index (χ1n) is 12.9. The quantitative estimate of drug-likeness (QED) is 0.146. The summed E-state index contributed by atoms with van der Waals surface area (Å²) < 4.78 is 34.7. The molecule has 0 spiro atoms. The highest BCUT2D eigenvalue weighted by molar-refractivity contribution is 6.37. The standard InChI is InChI=1S/C18H19B2ClN2O3.C6H10F2.C5H12/c1-4-11(2)12(3)14-7-5-13(6-8-14)10-25-16-15(26-18(19,20)24)9-22-17(21)23-16;1-4-5(2)6(3,7)8;1-4-5(2)3/h5-9,24H,4,10H2,1-3H3;4H,1-3H3;5H,4H2,1-3H3/b;5-4+;. The second-order valence-electron chi connectivity index (χ2n) is 9.57. The first-order valence-corrected chi connectivity index (χ1v) is 13.2. The van der Waals surface area contributed by atoms with E-state index in [-0.39, 0.29) is 29.1 Å². The predicted molar refractivity (Wildman–Crippen MR) is 159 cm³/mol. The van der Waals surface area contributed by atoms with Crippen LogP contribution < -0.4 is 9.47 Å². The summed E-state index contributed by atoms with van der Waals surface area (Å²) in [5.74, 6) is -1.73. The number of ether oxygens (including phenoxy) is 2. The molecule has 1 N–H and O–H groups in total. The van der Waals surface area contributed by atoms with Gasteiger partial charge in [-0.3, -0.25) is 0 Å². The van der Waals surface area contributed by atoms with Crippen molar-refractivity contribution in [3.05, 3.63) is 64.1 Å². The van der Waals surface area contributed by atoms with Crippen molar-refractivity contribution >= 4 is 32.9 Å². The van der Waals surface area contributed by atoms with Gasteiger partial charge >= 0.3 is 0 Å². The van der Waals surface area contributed by atoms with Gasteiger partial charge in [-0.25, -0.2) is 13.8 Å². The number of allylic oxidation sites excluding steroid dienone is 4. The third-order valence-corrected chi connectivity index (χ3v) is 6.02. The lowest BCUT2D eigenvalue weighted by molar-refractivity contribution is 0.00927. The number of benzene rings is 1. The third kappa shape index (κ3) is 15.7. The smallest absolute Gasteiger partial charge is 0.266 e. The Morgan fingerprint density at radius 3 is 2.05 bits per heavy atom. The van der Waals surface area contributed by atoms with Crippen LogP contribution in [0.3, 0.4) is 0 Å². The van der Waals surface area contributed by atoms with Crippen molar-refractivity contribution in [2.75, 3.05) is 0 Å². The van der Waals surface area contributed by atoms with Crippen molar-refractivity contribution < 1.29 is 23.4 Å². The number of hydrogen-bond donors (Lipinski definition) is 1. The first-order chi connectivity index (χ1) is 17.9. The highest BCUT2D eigenvalue weighted by atomic mass is 35.5. The van der Waals surface area contributed by atoms with Gasteiger partial charge in [-0.05, 0) is 73.9 Å². The zero-order chi connectivity index (χ0) is 30.4. The van der Waals surface area contributed by atoms with E-state index in [1.165, 1.54) is 42.3 Å². The van der Waals surface area contributed by atoms with Crippen molar-refractivity contribution in [3.63, 3.8) is 0 Å². The minimum absolute atomic E-state index is 0.0177. The molecule has 212 valence electrons. The minimum atomic E-state index is -2.63. The summed E-state index contributed by atoms with van der Waals surface area (Å²) in [7, 11) is 10.5. The Kier molecular flexibility index (Phi) is 16.3. The van der Waals surface area contributed by atoms with Crippen LogP contribution in [0.4, 0.5) is 8.78 Å². The third-order valence-electron chi connectivity index (χ3n) is 5.84. The molecule has 1 aromatic heterocycles. The predicted octanol–water partition coefficient (Wildman–Crippen LogP) is 7.89. The molecule has 0 amide bonds. The van der Waals surface area contributed by atoms with Crippen LogP contribution in [-0.2, 0) is 6.61 Å². The number of rotatable bonds is 9. The van der Waals surface area contributed by atoms with E-state index in [2.05, 4.69) is 51.5 Å². The fourth-order valence-electron chi connectivity index (χ4n) is 2.45. The van der Waals surface area contributed by atoms with E-state index in [1.54, 1.807) is 6.92 Å². The number of nitrogens with zero attached hydrogens (tertiary/aromatic N) is 2. The Balaban J connectivity index is 0.000000920. The monoisotopic (exact) mass is 560 g/mol. The molecule has 0 fully saturated rings. The van der Waals surface area contributed by atoms with E-state index in [1.807, 2.05) is 24.3 Å². The zero-order valence-electron chi connectivity index (χ0n) is 24.6. The average Bonchev–Trinajstić information content (AvgIpc) is 2.87. The van der Waals surface area contributed by atoms with Crippen LogP contribution in [-0.4, -0.2) is 42.3 Å². The lowest BCUT2D eigenvalue weighted by atomic mass is 9.76. The Labute approximate surface area is 240 Å². The number of aliphatic hydroxyl groups is 1. The second-order valence-corrected chi connectivity index (χ2v) is 9.91. The van der Waals surface area contributed by atoms with Gasteiger partial charge in [0.05, 0.1) is 6.20 Å².